The number of carbonyl (C=O) groups excluding carboxylic acids is 1. The maximum Gasteiger partial charge on any atom is 0.297 e. The Morgan fingerprint density at radius 1 is 1.22 bits per heavy atom. The summed E-state index contributed by atoms with van der Waals surface area (Å²) in [6.45, 7) is 9.01. The van der Waals surface area contributed by atoms with E-state index in [0.717, 1.165) is 33.3 Å². The fourth-order valence-electron chi connectivity index (χ4n) is 4.31. The molecule has 3 aromatic rings. The topological polar surface area (TPSA) is 88.2 Å². The van der Waals surface area contributed by atoms with Gasteiger partial charge in [-0.05, 0) is 57.0 Å². The summed E-state index contributed by atoms with van der Waals surface area (Å²) in [6, 6.07) is 11.4. The number of benzene rings is 2. The Morgan fingerprint density at radius 3 is 2.72 bits per heavy atom. The van der Waals surface area contributed by atoms with E-state index in [0.29, 0.717) is 18.7 Å². The number of hydrogen-bond acceptors (Lipinski definition) is 5. The number of fused-ring (bicyclic) bond motifs is 2. The highest BCUT2D eigenvalue weighted by atomic mass is 16.5. The number of anilines is 1. The summed E-state index contributed by atoms with van der Waals surface area (Å²) < 4.78 is 6.87. The van der Waals surface area contributed by atoms with E-state index in [1.54, 1.807) is 11.7 Å². The number of aromatic nitrogens is 1. The van der Waals surface area contributed by atoms with Crippen LogP contribution in [0, 0.1) is 6.92 Å². The molecule has 0 fully saturated rings. The number of nitrogens with zero attached hydrogens (tertiary/aromatic N) is 3. The van der Waals surface area contributed by atoms with E-state index in [-0.39, 0.29) is 17.1 Å². The number of allylic oxidation sites excluding steroid dienone is 1. The molecular formula is C25H28N4O3. The van der Waals surface area contributed by atoms with Crippen LogP contribution >= 0.6 is 0 Å². The molecule has 1 amide bonds. The van der Waals surface area contributed by atoms with E-state index < -0.39 is 5.91 Å². The van der Waals surface area contributed by atoms with Gasteiger partial charge in [0.2, 0.25) is 5.88 Å². The van der Waals surface area contributed by atoms with Crippen LogP contribution in [0.25, 0.3) is 16.5 Å². The fraction of sp³-hybridized carbons (Fsp3) is 0.320. The number of rotatable bonds is 5. The largest absolute Gasteiger partial charge is 0.493 e. The van der Waals surface area contributed by atoms with E-state index in [4.69, 9.17) is 4.74 Å². The van der Waals surface area contributed by atoms with Gasteiger partial charge in [0.05, 0.1) is 28.9 Å². The average Bonchev–Trinajstić information content (AvgIpc) is 3.00. The summed E-state index contributed by atoms with van der Waals surface area (Å²) in [5.74, 6) is -0.500. The Kier molecular flexibility index (Phi) is 5.60. The number of nitrogens with one attached hydrogen (secondary N) is 1. The molecule has 0 radical (unpaired) electrons. The third-order valence-corrected chi connectivity index (χ3v) is 5.64. The van der Waals surface area contributed by atoms with Gasteiger partial charge in [-0.15, -0.1) is 10.2 Å². The maximum absolute atomic E-state index is 13.2. The first-order valence-electron chi connectivity index (χ1n) is 10.6. The number of azo groups is 1. The zero-order chi connectivity index (χ0) is 23.0. The lowest BCUT2D eigenvalue weighted by Gasteiger charge is -2.32. The van der Waals surface area contributed by atoms with Crippen molar-refractivity contribution >= 4 is 33.8 Å². The van der Waals surface area contributed by atoms with Gasteiger partial charge in [-0.1, -0.05) is 24.3 Å². The van der Waals surface area contributed by atoms with E-state index >= 15 is 0 Å². The van der Waals surface area contributed by atoms with Crippen molar-refractivity contribution in [2.45, 2.75) is 39.8 Å². The normalized spacial score (nSPS) is 15.0. The van der Waals surface area contributed by atoms with Gasteiger partial charge in [0, 0.05) is 24.6 Å². The molecule has 7 heteroatoms. The number of para-hydroxylation sites is 1. The van der Waals surface area contributed by atoms with Crippen molar-refractivity contribution in [2.75, 3.05) is 19.0 Å². The molecule has 0 bridgehead atoms. The maximum atomic E-state index is 13.2. The first-order chi connectivity index (χ1) is 15.2. The second-order valence-electron chi connectivity index (χ2n) is 8.75. The highest BCUT2D eigenvalue weighted by Crippen LogP contribution is 2.40. The Labute approximate surface area is 187 Å². The first kappa shape index (κ1) is 21.8. The molecule has 2 heterocycles. The van der Waals surface area contributed by atoms with Gasteiger partial charge in [0.1, 0.15) is 0 Å². The van der Waals surface area contributed by atoms with E-state index in [1.807, 2.05) is 44.2 Å². The molecule has 0 spiro atoms. The van der Waals surface area contributed by atoms with Gasteiger partial charge in [0.25, 0.3) is 5.91 Å². The summed E-state index contributed by atoms with van der Waals surface area (Å²) in [4.78, 5) is 13.2. The Bertz CT molecular complexity index is 1270. The quantitative estimate of drug-likeness (QED) is 0.496. The van der Waals surface area contributed by atoms with Crippen molar-refractivity contribution < 1.29 is 14.6 Å². The van der Waals surface area contributed by atoms with Crippen LogP contribution in [0.5, 0.6) is 5.88 Å². The Morgan fingerprint density at radius 2 is 1.97 bits per heavy atom. The van der Waals surface area contributed by atoms with Crippen molar-refractivity contribution in [3.63, 3.8) is 0 Å². The summed E-state index contributed by atoms with van der Waals surface area (Å²) in [6.07, 6.45) is 2.15. The standard InChI is InChI=1S/C25H28N4O3/c1-15-12-18-16(2)14-25(3,4)26-21(18)19(13-15)23(30)28-27-22-17-8-6-7-9-20(17)29(24(22)31)10-11-32-5/h6-9,12-14,26,31H,10-11H2,1-5H3. The second-order valence-corrected chi connectivity index (χ2v) is 8.75. The predicted octanol–water partition coefficient (Wildman–Crippen LogP) is 5.83. The van der Waals surface area contributed by atoms with Crippen LogP contribution in [0.15, 0.2) is 52.7 Å². The molecule has 1 aliphatic rings. The van der Waals surface area contributed by atoms with Crippen molar-refractivity contribution in [3.8, 4) is 5.88 Å². The molecule has 32 heavy (non-hydrogen) atoms. The van der Waals surface area contributed by atoms with Gasteiger partial charge in [0.15, 0.2) is 5.69 Å². The number of hydrogen-bond donors (Lipinski definition) is 2. The number of aromatic hydroxyl groups is 1. The molecule has 1 aliphatic heterocycles. The zero-order valence-electron chi connectivity index (χ0n) is 19.1. The number of methoxy groups -OCH3 is 1. The molecule has 1 aromatic heterocycles. The van der Waals surface area contributed by atoms with E-state index in [9.17, 15) is 9.90 Å². The summed E-state index contributed by atoms with van der Waals surface area (Å²) in [5.41, 5.74) is 5.08. The Hall–Kier alpha value is -3.45. The molecule has 2 N–H and O–H groups in total. The van der Waals surface area contributed by atoms with Gasteiger partial charge in [-0.2, -0.15) is 0 Å². The number of amides is 1. The monoisotopic (exact) mass is 432 g/mol. The molecule has 0 atom stereocenters. The number of aryl methyl sites for hydroxylation is 1. The predicted molar refractivity (Wildman–Crippen MR) is 127 cm³/mol. The lowest BCUT2D eigenvalue weighted by Crippen LogP contribution is -2.32. The first-order valence-corrected chi connectivity index (χ1v) is 10.6. The minimum Gasteiger partial charge on any atom is -0.493 e. The summed E-state index contributed by atoms with van der Waals surface area (Å²) >= 11 is 0. The van der Waals surface area contributed by atoms with Crippen molar-refractivity contribution in [2.24, 2.45) is 10.2 Å². The zero-order valence-corrected chi connectivity index (χ0v) is 19.1. The third kappa shape index (κ3) is 3.91. The highest BCUT2D eigenvalue weighted by molar-refractivity contribution is 6.04. The van der Waals surface area contributed by atoms with Crippen molar-refractivity contribution in [3.05, 3.63) is 59.2 Å². The number of ether oxygens (including phenoxy) is 1. The van der Waals surface area contributed by atoms with E-state index in [1.165, 1.54) is 0 Å². The minimum absolute atomic E-state index is 0.0379. The van der Waals surface area contributed by atoms with Crippen molar-refractivity contribution in [1.29, 1.82) is 0 Å². The van der Waals surface area contributed by atoms with Crippen LogP contribution in [-0.2, 0) is 11.3 Å². The van der Waals surface area contributed by atoms with Gasteiger partial charge in [-0.3, -0.25) is 4.79 Å². The molecule has 7 nitrogen and oxygen atoms in total. The van der Waals surface area contributed by atoms with Crippen molar-refractivity contribution in [1.82, 2.24) is 4.57 Å². The lowest BCUT2D eigenvalue weighted by molar-refractivity contribution is 0.0995. The van der Waals surface area contributed by atoms with Crippen LogP contribution in [0.3, 0.4) is 0 Å². The molecule has 4 rings (SSSR count). The fourth-order valence-corrected chi connectivity index (χ4v) is 4.31. The SMILES string of the molecule is COCCn1c(O)c(N=NC(=O)c2cc(C)cc3c2NC(C)(C)C=C3C)c2ccccc21. The second kappa shape index (κ2) is 8.24. The van der Waals surface area contributed by atoms with Crippen LogP contribution in [-0.4, -0.2) is 34.8 Å². The lowest BCUT2D eigenvalue weighted by atomic mass is 9.88. The Balaban J connectivity index is 1.76. The molecular weight excluding hydrogens is 404 g/mol. The van der Waals surface area contributed by atoms with Crippen LogP contribution in [0.1, 0.15) is 42.3 Å². The van der Waals surface area contributed by atoms with Gasteiger partial charge in [-0.25, -0.2) is 0 Å². The summed E-state index contributed by atoms with van der Waals surface area (Å²) in [7, 11) is 1.61. The van der Waals surface area contributed by atoms with Gasteiger partial charge < -0.3 is 19.7 Å². The van der Waals surface area contributed by atoms with Crippen LogP contribution in [0.4, 0.5) is 11.4 Å². The molecule has 166 valence electrons. The average molecular weight is 433 g/mol. The van der Waals surface area contributed by atoms with Gasteiger partial charge >= 0.3 is 0 Å². The third-order valence-electron chi connectivity index (χ3n) is 5.64. The summed E-state index contributed by atoms with van der Waals surface area (Å²) in [5, 5.41) is 23.2. The molecule has 0 aliphatic carbocycles. The molecule has 2 aromatic carbocycles. The number of carbonyl (C=O) groups is 1. The molecule has 0 saturated heterocycles. The minimum atomic E-state index is -0.462. The van der Waals surface area contributed by atoms with Crippen LogP contribution < -0.4 is 5.32 Å². The van der Waals surface area contributed by atoms with E-state index in [2.05, 4.69) is 41.5 Å². The smallest absolute Gasteiger partial charge is 0.297 e. The van der Waals surface area contributed by atoms with Crippen LogP contribution in [0.2, 0.25) is 0 Å². The molecule has 0 saturated carbocycles. The highest BCUT2D eigenvalue weighted by Gasteiger charge is 2.27. The molecule has 0 unspecified atom stereocenters.